The lowest BCUT2D eigenvalue weighted by Crippen LogP contribution is -2.45. The first-order valence-electron chi connectivity index (χ1n) is 8.93. The Morgan fingerprint density at radius 1 is 1.17 bits per heavy atom. The normalized spacial score (nSPS) is 27.5. The van der Waals surface area contributed by atoms with Crippen LogP contribution in [0.1, 0.15) is 58.6 Å². The van der Waals surface area contributed by atoms with E-state index in [1.165, 1.54) is 6.42 Å². The largest absolute Gasteiger partial charge is 0.386 e. The Bertz CT molecular complexity index is 500. The zero-order valence-electron chi connectivity index (χ0n) is 14.8. The van der Waals surface area contributed by atoms with E-state index in [2.05, 4.69) is 26.1 Å². The number of rotatable bonds is 5. The summed E-state index contributed by atoms with van der Waals surface area (Å²) < 4.78 is 0. The van der Waals surface area contributed by atoms with E-state index in [-0.39, 0.29) is 17.9 Å². The first-order chi connectivity index (χ1) is 10.9. The number of aliphatic hydroxyl groups excluding tert-OH is 1. The smallest absolute Gasteiger partial charge is 0.223 e. The van der Waals surface area contributed by atoms with Gasteiger partial charge in [-0.05, 0) is 43.1 Å². The molecule has 3 nitrogen and oxygen atoms in total. The molecule has 0 bridgehead atoms. The van der Waals surface area contributed by atoms with Crippen LogP contribution in [-0.4, -0.2) is 17.1 Å². The molecule has 1 aliphatic carbocycles. The number of benzene rings is 1. The molecule has 0 saturated heterocycles. The van der Waals surface area contributed by atoms with Crippen molar-refractivity contribution in [3.05, 3.63) is 35.9 Å². The highest BCUT2D eigenvalue weighted by atomic mass is 16.3. The lowest BCUT2D eigenvalue weighted by atomic mass is 9.69. The molecule has 0 spiro atoms. The molecule has 2 N–H and O–H groups in total. The van der Waals surface area contributed by atoms with Gasteiger partial charge in [-0.15, -0.1) is 0 Å². The Kier molecular flexibility index (Phi) is 6.23. The molecule has 3 heteroatoms. The van der Waals surface area contributed by atoms with Crippen LogP contribution in [-0.2, 0) is 4.79 Å². The fourth-order valence-electron chi connectivity index (χ4n) is 3.85. The zero-order chi connectivity index (χ0) is 17.0. The molecule has 0 aromatic heterocycles. The number of carbonyl (C=O) groups excluding carboxylic acids is 1. The number of carbonyl (C=O) groups is 1. The van der Waals surface area contributed by atoms with Gasteiger partial charge in [-0.2, -0.15) is 0 Å². The van der Waals surface area contributed by atoms with Crippen molar-refractivity contribution in [2.75, 3.05) is 0 Å². The van der Waals surface area contributed by atoms with Crippen LogP contribution < -0.4 is 5.32 Å². The Hall–Kier alpha value is -1.35. The highest BCUT2D eigenvalue weighted by molar-refractivity contribution is 5.79. The summed E-state index contributed by atoms with van der Waals surface area (Å²) in [6.45, 7) is 8.54. The summed E-state index contributed by atoms with van der Waals surface area (Å²) in [6.07, 6.45) is 2.64. The average Bonchev–Trinajstić information content (AvgIpc) is 2.54. The average molecular weight is 317 g/mol. The third-order valence-corrected chi connectivity index (χ3v) is 5.34. The van der Waals surface area contributed by atoms with Crippen LogP contribution in [0.2, 0.25) is 0 Å². The Morgan fingerprint density at radius 2 is 1.83 bits per heavy atom. The van der Waals surface area contributed by atoms with E-state index in [0.717, 1.165) is 18.4 Å². The number of aliphatic hydroxyl groups is 1. The second-order valence-corrected chi connectivity index (χ2v) is 7.59. The molecule has 5 atom stereocenters. The maximum Gasteiger partial charge on any atom is 0.223 e. The summed E-state index contributed by atoms with van der Waals surface area (Å²) in [4.78, 5) is 12.8. The van der Waals surface area contributed by atoms with Crippen LogP contribution in [0.25, 0.3) is 0 Å². The van der Waals surface area contributed by atoms with E-state index >= 15 is 0 Å². The van der Waals surface area contributed by atoms with Crippen molar-refractivity contribution in [1.29, 1.82) is 0 Å². The Labute approximate surface area is 140 Å². The number of hydrogen-bond donors (Lipinski definition) is 2. The molecule has 1 amide bonds. The minimum Gasteiger partial charge on any atom is -0.386 e. The first kappa shape index (κ1) is 18.0. The predicted octanol–water partition coefficient (Wildman–Crippen LogP) is 3.93. The number of amides is 1. The Balaban J connectivity index is 2.01. The molecule has 1 unspecified atom stereocenters. The van der Waals surface area contributed by atoms with E-state index in [4.69, 9.17) is 0 Å². The highest BCUT2D eigenvalue weighted by Gasteiger charge is 2.36. The summed E-state index contributed by atoms with van der Waals surface area (Å²) >= 11 is 0. The summed E-state index contributed by atoms with van der Waals surface area (Å²) in [5.74, 6) is 1.76. The molecular weight excluding hydrogens is 286 g/mol. The second kappa shape index (κ2) is 7.96. The van der Waals surface area contributed by atoms with Crippen LogP contribution in [0, 0.1) is 23.7 Å². The maximum atomic E-state index is 12.8. The molecule has 23 heavy (non-hydrogen) atoms. The van der Waals surface area contributed by atoms with E-state index in [0.29, 0.717) is 17.8 Å². The quantitative estimate of drug-likeness (QED) is 0.864. The van der Waals surface area contributed by atoms with E-state index in [9.17, 15) is 9.90 Å². The summed E-state index contributed by atoms with van der Waals surface area (Å²) in [6, 6.07) is 9.25. The molecule has 1 saturated carbocycles. The molecule has 1 aromatic carbocycles. The zero-order valence-corrected chi connectivity index (χ0v) is 14.8. The summed E-state index contributed by atoms with van der Waals surface area (Å²) in [7, 11) is 0. The molecule has 0 aliphatic heterocycles. The van der Waals surface area contributed by atoms with Gasteiger partial charge in [0.2, 0.25) is 5.91 Å². The van der Waals surface area contributed by atoms with Crippen LogP contribution in [0.15, 0.2) is 30.3 Å². The van der Waals surface area contributed by atoms with Crippen molar-refractivity contribution in [1.82, 2.24) is 5.32 Å². The monoisotopic (exact) mass is 317 g/mol. The van der Waals surface area contributed by atoms with E-state index in [1.54, 1.807) is 0 Å². The van der Waals surface area contributed by atoms with Crippen LogP contribution >= 0.6 is 0 Å². The van der Waals surface area contributed by atoms with Gasteiger partial charge in [0.25, 0.3) is 0 Å². The Morgan fingerprint density at radius 3 is 2.43 bits per heavy atom. The predicted molar refractivity (Wildman–Crippen MR) is 93.8 cm³/mol. The molecule has 1 fully saturated rings. The fraction of sp³-hybridized carbons (Fsp3) is 0.650. The molecular formula is C20H31NO2. The SMILES string of the molecule is CC(C)[C@@H]1CC[C@@H](C)C[C@H]1C(=O)N[C@H](C)C(O)c1ccccc1. The molecule has 1 aromatic rings. The second-order valence-electron chi connectivity index (χ2n) is 7.59. The van der Waals surface area contributed by atoms with Crippen molar-refractivity contribution < 1.29 is 9.90 Å². The van der Waals surface area contributed by atoms with Crippen molar-refractivity contribution in [3.63, 3.8) is 0 Å². The fourth-order valence-corrected chi connectivity index (χ4v) is 3.85. The van der Waals surface area contributed by atoms with Crippen molar-refractivity contribution in [2.24, 2.45) is 23.7 Å². The topological polar surface area (TPSA) is 49.3 Å². The third kappa shape index (κ3) is 4.57. The highest BCUT2D eigenvalue weighted by Crippen LogP contribution is 2.38. The lowest BCUT2D eigenvalue weighted by Gasteiger charge is -2.37. The van der Waals surface area contributed by atoms with Crippen molar-refractivity contribution in [3.8, 4) is 0 Å². The van der Waals surface area contributed by atoms with Gasteiger partial charge >= 0.3 is 0 Å². The molecule has 1 aliphatic rings. The lowest BCUT2D eigenvalue weighted by molar-refractivity contribution is -0.130. The molecule has 0 radical (unpaired) electrons. The standard InChI is InChI=1S/C20H31NO2/c1-13(2)17-11-10-14(3)12-18(17)20(23)21-15(4)19(22)16-8-6-5-7-9-16/h5-9,13-15,17-19,22H,10-12H2,1-4H3,(H,21,23)/t14-,15-,17+,18-,19?/m1/s1. The maximum absolute atomic E-state index is 12.8. The van der Waals surface area contributed by atoms with Gasteiger partial charge in [0.1, 0.15) is 0 Å². The van der Waals surface area contributed by atoms with Gasteiger partial charge in [0.15, 0.2) is 0 Å². The minimum absolute atomic E-state index is 0.0733. The minimum atomic E-state index is -0.668. The molecule has 0 heterocycles. The van der Waals surface area contributed by atoms with Gasteiger partial charge in [0.05, 0.1) is 12.1 Å². The number of nitrogens with one attached hydrogen (secondary N) is 1. The van der Waals surface area contributed by atoms with Crippen LogP contribution in [0.3, 0.4) is 0 Å². The molecule has 2 rings (SSSR count). The van der Waals surface area contributed by atoms with Crippen LogP contribution in [0.4, 0.5) is 0 Å². The van der Waals surface area contributed by atoms with Gasteiger partial charge in [-0.1, -0.05) is 57.5 Å². The van der Waals surface area contributed by atoms with Crippen molar-refractivity contribution >= 4 is 5.91 Å². The van der Waals surface area contributed by atoms with Gasteiger partial charge < -0.3 is 10.4 Å². The van der Waals surface area contributed by atoms with E-state index < -0.39 is 6.10 Å². The third-order valence-electron chi connectivity index (χ3n) is 5.34. The molecule has 128 valence electrons. The van der Waals surface area contributed by atoms with Gasteiger partial charge in [0, 0.05) is 5.92 Å². The summed E-state index contributed by atoms with van der Waals surface area (Å²) in [5, 5.41) is 13.5. The van der Waals surface area contributed by atoms with Crippen LogP contribution in [0.5, 0.6) is 0 Å². The van der Waals surface area contributed by atoms with Gasteiger partial charge in [-0.25, -0.2) is 0 Å². The number of hydrogen-bond acceptors (Lipinski definition) is 2. The van der Waals surface area contributed by atoms with E-state index in [1.807, 2.05) is 37.3 Å². The van der Waals surface area contributed by atoms with Crippen molar-refractivity contribution in [2.45, 2.75) is 59.1 Å². The van der Waals surface area contributed by atoms with Gasteiger partial charge in [-0.3, -0.25) is 4.79 Å². The summed E-state index contributed by atoms with van der Waals surface area (Å²) in [5.41, 5.74) is 0.845. The first-order valence-corrected chi connectivity index (χ1v) is 8.93.